The molecule has 1 saturated carbocycles. The highest BCUT2D eigenvalue weighted by atomic mass is 32.2. The van der Waals surface area contributed by atoms with E-state index in [1.165, 1.54) is 12.1 Å². The van der Waals surface area contributed by atoms with E-state index in [9.17, 15) is 18.0 Å². The zero-order valence-electron chi connectivity index (χ0n) is 9.87. The van der Waals surface area contributed by atoms with Crippen molar-refractivity contribution in [3.05, 3.63) is 29.3 Å². The molecule has 1 aromatic carbocycles. The van der Waals surface area contributed by atoms with E-state index in [1.807, 2.05) is 0 Å². The maximum atomic E-state index is 12.2. The number of carboxylic acids is 1. The second kappa shape index (κ2) is 3.80. The molecule has 1 aliphatic heterocycles. The highest BCUT2D eigenvalue weighted by molar-refractivity contribution is 7.90. The van der Waals surface area contributed by atoms with Crippen LogP contribution in [0.4, 0.5) is 0 Å². The van der Waals surface area contributed by atoms with Crippen molar-refractivity contribution in [2.75, 3.05) is 6.54 Å². The third kappa shape index (κ3) is 1.81. The van der Waals surface area contributed by atoms with Gasteiger partial charge in [-0.05, 0) is 37.0 Å². The molecule has 1 aliphatic carbocycles. The first-order valence-electron chi connectivity index (χ1n) is 5.85. The lowest BCUT2D eigenvalue weighted by Crippen LogP contribution is -2.31. The van der Waals surface area contributed by atoms with Crippen LogP contribution in [0, 0.1) is 5.92 Å². The Morgan fingerprint density at radius 1 is 1.37 bits per heavy atom. The molecule has 100 valence electrons. The fourth-order valence-corrected chi connectivity index (χ4v) is 3.79. The molecule has 19 heavy (non-hydrogen) atoms. The van der Waals surface area contributed by atoms with Gasteiger partial charge in [0, 0.05) is 6.54 Å². The number of benzene rings is 1. The summed E-state index contributed by atoms with van der Waals surface area (Å²) in [6.07, 6.45) is 1.85. The smallest absolute Gasteiger partial charge is 0.335 e. The Morgan fingerprint density at radius 3 is 2.63 bits per heavy atom. The van der Waals surface area contributed by atoms with Gasteiger partial charge in [-0.25, -0.2) is 17.5 Å². The van der Waals surface area contributed by atoms with E-state index in [4.69, 9.17) is 5.11 Å². The first kappa shape index (κ1) is 12.2. The Kier molecular flexibility index (Phi) is 2.43. The zero-order chi connectivity index (χ0) is 13.8. The average Bonchev–Trinajstić information content (AvgIpc) is 3.15. The first-order chi connectivity index (χ1) is 8.91. The number of sulfonamides is 1. The number of rotatable bonds is 3. The van der Waals surface area contributed by atoms with Gasteiger partial charge in [0.25, 0.3) is 15.9 Å². The zero-order valence-corrected chi connectivity index (χ0v) is 10.7. The van der Waals surface area contributed by atoms with E-state index in [-0.39, 0.29) is 28.5 Å². The fraction of sp³-hybridized carbons (Fsp3) is 0.333. The van der Waals surface area contributed by atoms with Gasteiger partial charge in [0.15, 0.2) is 0 Å². The summed E-state index contributed by atoms with van der Waals surface area (Å²) in [7, 11) is -3.89. The third-order valence-electron chi connectivity index (χ3n) is 3.37. The number of carboxylic acid groups (broad SMARTS) is 1. The molecular formula is C12H11NO5S. The van der Waals surface area contributed by atoms with Crippen LogP contribution in [0.25, 0.3) is 0 Å². The Bertz CT molecular complexity index is 690. The number of hydrogen-bond acceptors (Lipinski definition) is 4. The summed E-state index contributed by atoms with van der Waals surface area (Å²) >= 11 is 0. The van der Waals surface area contributed by atoms with Crippen LogP contribution in [0.15, 0.2) is 23.1 Å². The summed E-state index contributed by atoms with van der Waals surface area (Å²) in [6.45, 7) is 0.193. The Morgan fingerprint density at radius 2 is 2.05 bits per heavy atom. The Balaban J connectivity index is 2.09. The van der Waals surface area contributed by atoms with Crippen LogP contribution in [-0.4, -0.2) is 36.3 Å². The lowest BCUT2D eigenvalue weighted by atomic mass is 10.1. The lowest BCUT2D eigenvalue weighted by molar-refractivity contribution is 0.0695. The maximum Gasteiger partial charge on any atom is 0.335 e. The standard InChI is InChI=1S/C12H11NO5S/c14-11-9-4-3-8(12(15)16)5-10(9)19(17,18)13(11)6-7-1-2-7/h3-5,7H,1-2,6H2,(H,15,16). The second-order valence-electron chi connectivity index (χ2n) is 4.80. The Labute approximate surface area is 109 Å². The molecule has 0 bridgehead atoms. The molecule has 3 rings (SSSR count). The van der Waals surface area contributed by atoms with E-state index < -0.39 is 21.9 Å². The van der Waals surface area contributed by atoms with Crippen molar-refractivity contribution in [3.8, 4) is 0 Å². The van der Waals surface area contributed by atoms with Crippen LogP contribution in [0.3, 0.4) is 0 Å². The van der Waals surface area contributed by atoms with Crippen molar-refractivity contribution < 1.29 is 23.1 Å². The molecule has 0 spiro atoms. The minimum atomic E-state index is -3.89. The number of nitrogens with zero attached hydrogens (tertiary/aromatic N) is 1. The predicted molar refractivity (Wildman–Crippen MR) is 64.3 cm³/mol. The van der Waals surface area contributed by atoms with Gasteiger partial charge in [-0.2, -0.15) is 0 Å². The quantitative estimate of drug-likeness (QED) is 0.890. The van der Waals surface area contributed by atoms with E-state index in [1.54, 1.807) is 0 Å². The third-order valence-corrected chi connectivity index (χ3v) is 5.16. The summed E-state index contributed by atoms with van der Waals surface area (Å²) in [6, 6.07) is 3.57. The molecule has 0 radical (unpaired) electrons. The van der Waals surface area contributed by atoms with Gasteiger partial charge in [0.1, 0.15) is 4.90 Å². The number of amides is 1. The van der Waals surface area contributed by atoms with Gasteiger partial charge < -0.3 is 5.11 Å². The SMILES string of the molecule is O=C(O)c1ccc2c(c1)S(=O)(=O)N(CC1CC1)C2=O. The highest BCUT2D eigenvalue weighted by Gasteiger charge is 2.43. The summed E-state index contributed by atoms with van der Waals surface area (Å²) in [4.78, 5) is 22.7. The van der Waals surface area contributed by atoms with Crippen LogP contribution in [0.2, 0.25) is 0 Å². The van der Waals surface area contributed by atoms with Gasteiger partial charge in [0.05, 0.1) is 11.1 Å². The number of hydrogen-bond donors (Lipinski definition) is 1. The van der Waals surface area contributed by atoms with Crippen molar-refractivity contribution >= 4 is 21.9 Å². The van der Waals surface area contributed by atoms with Crippen molar-refractivity contribution in [1.29, 1.82) is 0 Å². The molecule has 1 heterocycles. The average molecular weight is 281 g/mol. The molecule has 1 amide bonds. The van der Waals surface area contributed by atoms with Crippen molar-refractivity contribution in [1.82, 2.24) is 4.31 Å². The largest absolute Gasteiger partial charge is 0.478 e. The van der Waals surface area contributed by atoms with E-state index in [0.717, 1.165) is 23.2 Å². The second-order valence-corrected chi connectivity index (χ2v) is 6.63. The summed E-state index contributed by atoms with van der Waals surface area (Å²) in [5.41, 5.74) is -0.0750. The number of aromatic carboxylic acids is 1. The molecule has 6 nitrogen and oxygen atoms in total. The Hall–Kier alpha value is -1.89. The summed E-state index contributed by atoms with van der Waals surface area (Å²) in [5.74, 6) is -1.53. The van der Waals surface area contributed by atoms with Crippen LogP contribution in [0.1, 0.15) is 33.6 Å². The van der Waals surface area contributed by atoms with E-state index >= 15 is 0 Å². The van der Waals surface area contributed by atoms with Crippen molar-refractivity contribution in [2.24, 2.45) is 5.92 Å². The lowest BCUT2D eigenvalue weighted by Gasteiger charge is -2.13. The maximum absolute atomic E-state index is 12.2. The molecule has 1 aromatic rings. The number of fused-ring (bicyclic) bond motifs is 1. The van der Waals surface area contributed by atoms with Gasteiger partial charge in [0.2, 0.25) is 0 Å². The van der Waals surface area contributed by atoms with Gasteiger partial charge in [-0.3, -0.25) is 4.79 Å². The normalized spacial score (nSPS) is 20.4. The molecule has 0 saturated heterocycles. The van der Waals surface area contributed by atoms with Gasteiger partial charge in [-0.15, -0.1) is 0 Å². The fourth-order valence-electron chi connectivity index (χ4n) is 2.12. The van der Waals surface area contributed by atoms with Crippen molar-refractivity contribution in [3.63, 3.8) is 0 Å². The van der Waals surface area contributed by atoms with Crippen LogP contribution < -0.4 is 0 Å². The first-order valence-corrected chi connectivity index (χ1v) is 7.29. The minimum absolute atomic E-state index is 0.0608. The molecule has 7 heteroatoms. The van der Waals surface area contributed by atoms with E-state index in [2.05, 4.69) is 0 Å². The van der Waals surface area contributed by atoms with Crippen molar-refractivity contribution in [2.45, 2.75) is 17.7 Å². The molecule has 0 unspecified atom stereocenters. The molecule has 1 N–H and O–H groups in total. The number of carbonyl (C=O) groups excluding carboxylic acids is 1. The van der Waals surface area contributed by atoms with Gasteiger partial charge >= 0.3 is 5.97 Å². The predicted octanol–water partition coefficient (Wildman–Crippen LogP) is 0.939. The molecular weight excluding hydrogens is 270 g/mol. The molecule has 2 aliphatic rings. The van der Waals surface area contributed by atoms with Crippen LogP contribution >= 0.6 is 0 Å². The molecule has 0 atom stereocenters. The van der Waals surface area contributed by atoms with Crippen LogP contribution in [0.5, 0.6) is 0 Å². The summed E-state index contributed by atoms with van der Waals surface area (Å²) in [5, 5.41) is 8.88. The highest BCUT2D eigenvalue weighted by Crippen LogP contribution is 2.36. The molecule has 0 aromatic heterocycles. The van der Waals surface area contributed by atoms with Gasteiger partial charge in [-0.1, -0.05) is 0 Å². The topological polar surface area (TPSA) is 91.8 Å². The summed E-state index contributed by atoms with van der Waals surface area (Å²) < 4.78 is 25.4. The van der Waals surface area contributed by atoms with E-state index in [0.29, 0.717) is 0 Å². The molecule has 1 fully saturated rings. The van der Waals surface area contributed by atoms with Crippen LogP contribution in [-0.2, 0) is 10.0 Å². The minimum Gasteiger partial charge on any atom is -0.478 e. The number of carbonyl (C=O) groups is 2. The monoisotopic (exact) mass is 281 g/mol.